The Morgan fingerprint density at radius 2 is 1.95 bits per heavy atom. The van der Waals surface area contributed by atoms with Gasteiger partial charge in [-0.2, -0.15) is 0 Å². The molecule has 112 valence electrons. The van der Waals surface area contributed by atoms with Crippen molar-refractivity contribution in [1.29, 1.82) is 0 Å². The molecule has 0 radical (unpaired) electrons. The minimum Gasteiger partial charge on any atom is -0.409 e. The maximum Gasteiger partial charge on any atom is 0.144 e. The zero-order valence-electron chi connectivity index (χ0n) is 12.6. The van der Waals surface area contributed by atoms with Gasteiger partial charge in [0.05, 0.1) is 0 Å². The Hall–Kier alpha value is -0.770. The van der Waals surface area contributed by atoms with Crippen LogP contribution in [-0.2, 0) is 0 Å². The summed E-state index contributed by atoms with van der Waals surface area (Å²) >= 11 is 0. The highest BCUT2D eigenvalue weighted by Gasteiger charge is 2.22. The van der Waals surface area contributed by atoms with Crippen LogP contribution in [0.25, 0.3) is 0 Å². The molecule has 4 N–H and O–H groups in total. The first kappa shape index (κ1) is 16.3. The molecule has 1 rings (SSSR count). The Morgan fingerprint density at radius 1 is 1.26 bits per heavy atom. The number of hydrogen-bond acceptors (Lipinski definition) is 3. The summed E-state index contributed by atoms with van der Waals surface area (Å²) < 4.78 is 0. The second-order valence-corrected chi connectivity index (χ2v) is 6.52. The zero-order chi connectivity index (χ0) is 14.1. The van der Waals surface area contributed by atoms with Gasteiger partial charge < -0.3 is 16.3 Å². The lowest BCUT2D eigenvalue weighted by Crippen LogP contribution is -2.32. The Bertz CT molecular complexity index is 271. The van der Waals surface area contributed by atoms with Gasteiger partial charge in [0.1, 0.15) is 5.84 Å². The molecule has 0 aliphatic heterocycles. The summed E-state index contributed by atoms with van der Waals surface area (Å²) in [6.45, 7) is 6.29. The van der Waals surface area contributed by atoms with Gasteiger partial charge >= 0.3 is 0 Å². The molecular weight excluding hydrogens is 238 g/mol. The molecule has 1 aliphatic carbocycles. The minimum atomic E-state index is -0.196. The van der Waals surface area contributed by atoms with Gasteiger partial charge in [-0.25, -0.2) is 0 Å². The van der Waals surface area contributed by atoms with Crippen LogP contribution < -0.4 is 11.1 Å². The van der Waals surface area contributed by atoms with Gasteiger partial charge in [0.25, 0.3) is 0 Å². The number of nitrogens with zero attached hydrogens (tertiary/aromatic N) is 1. The third kappa shape index (κ3) is 6.28. The molecule has 0 aromatic rings. The first-order valence-electron chi connectivity index (χ1n) is 7.75. The number of nitrogens with two attached hydrogens (primary N) is 1. The minimum absolute atomic E-state index is 0.196. The first-order chi connectivity index (χ1) is 9.06. The molecular formula is C15H31N3O. The van der Waals surface area contributed by atoms with Gasteiger partial charge in [0, 0.05) is 5.41 Å². The third-order valence-corrected chi connectivity index (χ3v) is 4.41. The largest absolute Gasteiger partial charge is 0.409 e. The third-order valence-electron chi connectivity index (χ3n) is 4.41. The fourth-order valence-corrected chi connectivity index (χ4v) is 2.81. The van der Waals surface area contributed by atoms with Gasteiger partial charge in [0.2, 0.25) is 0 Å². The first-order valence-corrected chi connectivity index (χ1v) is 7.75. The Labute approximate surface area is 117 Å². The molecule has 19 heavy (non-hydrogen) atoms. The van der Waals surface area contributed by atoms with Crippen molar-refractivity contribution in [3.8, 4) is 0 Å². The van der Waals surface area contributed by atoms with Crippen LogP contribution in [0.15, 0.2) is 5.16 Å². The van der Waals surface area contributed by atoms with Crippen LogP contribution in [0, 0.1) is 11.3 Å². The summed E-state index contributed by atoms with van der Waals surface area (Å²) in [5, 5.41) is 15.3. The molecule has 4 nitrogen and oxygen atoms in total. The highest BCUT2D eigenvalue weighted by Crippen LogP contribution is 2.27. The molecule has 0 heterocycles. The standard InChI is InChI=1S/C15H31N3O/c1-15(2,14(16)18-19)10-5-6-11-17-12-9-13-7-3-4-8-13/h13,17,19H,3-12H2,1-2H3,(H2,16,18). The molecule has 0 amide bonds. The van der Waals surface area contributed by atoms with E-state index in [9.17, 15) is 0 Å². The maximum atomic E-state index is 8.70. The van der Waals surface area contributed by atoms with Gasteiger partial charge in [-0.15, -0.1) is 0 Å². The maximum absolute atomic E-state index is 8.70. The number of hydrogen-bond donors (Lipinski definition) is 3. The average molecular weight is 269 g/mol. The van der Waals surface area contributed by atoms with Gasteiger partial charge in [-0.1, -0.05) is 51.1 Å². The lowest BCUT2D eigenvalue weighted by atomic mass is 9.86. The van der Waals surface area contributed by atoms with E-state index in [1.54, 1.807) is 0 Å². The van der Waals surface area contributed by atoms with Crippen LogP contribution in [0.3, 0.4) is 0 Å². The second kappa shape index (κ2) is 8.41. The quantitative estimate of drug-likeness (QED) is 0.198. The van der Waals surface area contributed by atoms with Gasteiger partial charge in [-0.3, -0.25) is 0 Å². The van der Waals surface area contributed by atoms with Crippen LogP contribution in [0.1, 0.15) is 65.2 Å². The van der Waals surface area contributed by atoms with Crippen LogP contribution in [0.5, 0.6) is 0 Å². The smallest absolute Gasteiger partial charge is 0.144 e. The monoisotopic (exact) mass is 269 g/mol. The van der Waals surface area contributed by atoms with Crippen molar-refractivity contribution in [3.05, 3.63) is 0 Å². The normalized spacial score (nSPS) is 18.1. The Kier molecular flexibility index (Phi) is 7.21. The number of nitrogens with one attached hydrogen (secondary N) is 1. The number of unbranched alkanes of at least 4 members (excludes halogenated alkanes) is 1. The Morgan fingerprint density at radius 3 is 2.58 bits per heavy atom. The van der Waals surface area contributed by atoms with E-state index in [4.69, 9.17) is 10.9 Å². The fourth-order valence-electron chi connectivity index (χ4n) is 2.81. The fraction of sp³-hybridized carbons (Fsp3) is 0.933. The van der Waals surface area contributed by atoms with Crippen molar-refractivity contribution in [2.45, 2.75) is 65.2 Å². The van der Waals surface area contributed by atoms with Crippen LogP contribution in [0.4, 0.5) is 0 Å². The van der Waals surface area contributed by atoms with Crippen molar-refractivity contribution in [2.24, 2.45) is 22.2 Å². The molecule has 0 spiro atoms. The molecule has 0 aromatic carbocycles. The molecule has 0 saturated heterocycles. The lowest BCUT2D eigenvalue weighted by molar-refractivity contribution is 0.304. The molecule has 0 bridgehead atoms. The molecule has 0 unspecified atom stereocenters. The van der Waals surface area contributed by atoms with Crippen molar-refractivity contribution in [2.75, 3.05) is 13.1 Å². The molecule has 1 saturated carbocycles. The van der Waals surface area contributed by atoms with E-state index in [1.165, 1.54) is 32.1 Å². The predicted molar refractivity (Wildman–Crippen MR) is 80.5 cm³/mol. The van der Waals surface area contributed by atoms with E-state index in [0.29, 0.717) is 5.84 Å². The predicted octanol–water partition coefficient (Wildman–Crippen LogP) is 3.10. The van der Waals surface area contributed by atoms with Crippen molar-refractivity contribution < 1.29 is 5.21 Å². The van der Waals surface area contributed by atoms with E-state index >= 15 is 0 Å². The van der Waals surface area contributed by atoms with Crippen molar-refractivity contribution in [1.82, 2.24) is 5.32 Å². The molecule has 0 aromatic heterocycles. The van der Waals surface area contributed by atoms with Crippen LogP contribution in [-0.4, -0.2) is 24.1 Å². The second-order valence-electron chi connectivity index (χ2n) is 6.52. The van der Waals surface area contributed by atoms with E-state index in [0.717, 1.165) is 38.3 Å². The average Bonchev–Trinajstić information content (AvgIpc) is 2.89. The number of amidine groups is 1. The van der Waals surface area contributed by atoms with Crippen molar-refractivity contribution >= 4 is 5.84 Å². The van der Waals surface area contributed by atoms with Gasteiger partial charge in [-0.05, 0) is 38.3 Å². The highest BCUT2D eigenvalue weighted by atomic mass is 16.4. The number of rotatable bonds is 9. The van der Waals surface area contributed by atoms with Crippen LogP contribution in [0.2, 0.25) is 0 Å². The summed E-state index contributed by atoms with van der Waals surface area (Å²) in [6.07, 6.45) is 10.3. The topological polar surface area (TPSA) is 70.6 Å². The molecule has 1 fully saturated rings. The van der Waals surface area contributed by atoms with E-state index in [1.807, 2.05) is 13.8 Å². The summed E-state index contributed by atoms with van der Waals surface area (Å²) in [4.78, 5) is 0. The van der Waals surface area contributed by atoms with Gasteiger partial charge in [0.15, 0.2) is 0 Å². The van der Waals surface area contributed by atoms with E-state index in [2.05, 4.69) is 10.5 Å². The summed E-state index contributed by atoms with van der Waals surface area (Å²) in [5.74, 6) is 1.31. The molecule has 1 aliphatic rings. The Balaban J connectivity index is 1.96. The zero-order valence-corrected chi connectivity index (χ0v) is 12.6. The van der Waals surface area contributed by atoms with E-state index < -0.39 is 0 Å². The number of oxime groups is 1. The summed E-state index contributed by atoms with van der Waals surface area (Å²) in [5.41, 5.74) is 5.47. The van der Waals surface area contributed by atoms with Crippen molar-refractivity contribution in [3.63, 3.8) is 0 Å². The summed E-state index contributed by atoms with van der Waals surface area (Å²) in [6, 6.07) is 0. The highest BCUT2D eigenvalue weighted by molar-refractivity contribution is 5.85. The van der Waals surface area contributed by atoms with E-state index in [-0.39, 0.29) is 5.41 Å². The lowest BCUT2D eigenvalue weighted by Gasteiger charge is -2.22. The molecule has 4 heteroatoms. The molecule has 0 atom stereocenters. The van der Waals surface area contributed by atoms with Crippen LogP contribution >= 0.6 is 0 Å². The SMILES string of the molecule is CC(C)(CCCCNCCC1CCCC1)C(N)=NO. The summed E-state index contributed by atoms with van der Waals surface area (Å²) in [7, 11) is 0.